The topological polar surface area (TPSA) is 46.9 Å². The van der Waals surface area contributed by atoms with E-state index in [1.807, 2.05) is 54.2 Å². The molecule has 0 aliphatic rings. The highest BCUT2D eigenvalue weighted by atomic mass is 32.1. The lowest BCUT2D eigenvalue weighted by Gasteiger charge is -2.08. The van der Waals surface area contributed by atoms with Crippen LogP contribution in [0.15, 0.2) is 66.3 Å². The minimum Gasteiger partial charge on any atom is -0.321 e. The van der Waals surface area contributed by atoms with Crippen LogP contribution in [0.25, 0.3) is 16.7 Å². The van der Waals surface area contributed by atoms with E-state index < -0.39 is 0 Å². The quantitative estimate of drug-likeness (QED) is 0.593. The first-order valence-electron chi connectivity index (χ1n) is 7.60. The van der Waals surface area contributed by atoms with Crippen LogP contribution in [0.3, 0.4) is 0 Å². The predicted octanol–water partition coefficient (Wildman–Crippen LogP) is 4.65. The maximum absolute atomic E-state index is 12.2. The van der Waals surface area contributed by atoms with Crippen LogP contribution in [0.1, 0.15) is 15.2 Å². The molecule has 118 valence electrons. The molecular formula is C19H15N3OS. The van der Waals surface area contributed by atoms with Crippen molar-refractivity contribution in [3.05, 3.63) is 76.7 Å². The lowest BCUT2D eigenvalue weighted by molar-refractivity contribution is 0.103. The van der Waals surface area contributed by atoms with E-state index in [0.29, 0.717) is 4.88 Å². The standard InChI is InChI=1S/C19H15N3OS/c1-13-5-2-3-6-16(13)22-12-20-15-11-14(8-9-17(15)22)21-19(23)18-7-4-10-24-18/h2-12H,1H3,(H,21,23). The van der Waals surface area contributed by atoms with E-state index >= 15 is 0 Å². The number of nitrogens with one attached hydrogen (secondary N) is 1. The number of hydrogen-bond donors (Lipinski definition) is 1. The summed E-state index contributed by atoms with van der Waals surface area (Å²) in [5.74, 6) is -0.0947. The smallest absolute Gasteiger partial charge is 0.265 e. The second kappa shape index (κ2) is 5.94. The van der Waals surface area contributed by atoms with Gasteiger partial charge in [0.1, 0.15) is 6.33 Å². The summed E-state index contributed by atoms with van der Waals surface area (Å²) < 4.78 is 2.07. The zero-order chi connectivity index (χ0) is 16.5. The fourth-order valence-corrected chi connectivity index (χ4v) is 3.34. The van der Waals surface area contributed by atoms with E-state index in [-0.39, 0.29) is 5.91 Å². The third-order valence-electron chi connectivity index (χ3n) is 3.93. The molecule has 0 bridgehead atoms. The summed E-state index contributed by atoms with van der Waals surface area (Å²) in [5, 5.41) is 4.81. The van der Waals surface area contributed by atoms with Crippen molar-refractivity contribution in [3.8, 4) is 5.69 Å². The monoisotopic (exact) mass is 333 g/mol. The first-order valence-corrected chi connectivity index (χ1v) is 8.48. The number of hydrogen-bond acceptors (Lipinski definition) is 3. The summed E-state index contributed by atoms with van der Waals surface area (Å²) in [6, 6.07) is 17.7. The molecule has 0 aliphatic carbocycles. The highest BCUT2D eigenvalue weighted by molar-refractivity contribution is 7.12. The third-order valence-corrected chi connectivity index (χ3v) is 4.79. The van der Waals surface area contributed by atoms with Gasteiger partial charge < -0.3 is 5.32 Å². The summed E-state index contributed by atoms with van der Waals surface area (Å²) in [5.41, 5.74) is 4.90. The van der Waals surface area contributed by atoms with Crippen molar-refractivity contribution in [1.82, 2.24) is 9.55 Å². The molecule has 0 unspecified atom stereocenters. The van der Waals surface area contributed by atoms with Gasteiger partial charge in [0.2, 0.25) is 0 Å². The van der Waals surface area contributed by atoms with Gasteiger partial charge in [-0.2, -0.15) is 0 Å². The molecule has 0 spiro atoms. The first-order chi connectivity index (χ1) is 11.7. The summed E-state index contributed by atoms with van der Waals surface area (Å²) in [4.78, 5) is 17.3. The number of carbonyl (C=O) groups is 1. The largest absolute Gasteiger partial charge is 0.321 e. The van der Waals surface area contributed by atoms with Gasteiger partial charge >= 0.3 is 0 Å². The molecule has 4 aromatic rings. The average molecular weight is 333 g/mol. The summed E-state index contributed by atoms with van der Waals surface area (Å²) in [6.07, 6.45) is 1.82. The number of rotatable bonds is 3. The zero-order valence-electron chi connectivity index (χ0n) is 13.1. The van der Waals surface area contributed by atoms with Crippen LogP contribution in [-0.2, 0) is 0 Å². The molecule has 1 amide bonds. The Kier molecular flexibility index (Phi) is 3.63. The molecular weight excluding hydrogens is 318 g/mol. The van der Waals surface area contributed by atoms with Crippen LogP contribution in [0.5, 0.6) is 0 Å². The number of imidazole rings is 1. The van der Waals surface area contributed by atoms with Crippen LogP contribution in [0.2, 0.25) is 0 Å². The number of benzene rings is 2. The number of anilines is 1. The van der Waals surface area contributed by atoms with Crippen molar-refractivity contribution in [2.45, 2.75) is 6.92 Å². The number of aryl methyl sites for hydroxylation is 1. The summed E-state index contributed by atoms with van der Waals surface area (Å²) in [7, 11) is 0. The van der Waals surface area contributed by atoms with Gasteiger partial charge in [-0.15, -0.1) is 11.3 Å². The molecule has 0 radical (unpaired) electrons. The fraction of sp³-hybridized carbons (Fsp3) is 0.0526. The van der Waals surface area contributed by atoms with Crippen molar-refractivity contribution in [3.63, 3.8) is 0 Å². The Hall–Kier alpha value is -2.92. The second-order valence-corrected chi connectivity index (χ2v) is 6.48. The van der Waals surface area contributed by atoms with E-state index in [0.717, 1.165) is 22.4 Å². The van der Waals surface area contributed by atoms with Crippen molar-refractivity contribution in [2.75, 3.05) is 5.32 Å². The summed E-state index contributed by atoms with van der Waals surface area (Å²) in [6.45, 7) is 2.08. The van der Waals surface area contributed by atoms with Gasteiger partial charge in [0.25, 0.3) is 5.91 Å². The van der Waals surface area contributed by atoms with Gasteiger partial charge in [-0.25, -0.2) is 4.98 Å². The lowest BCUT2D eigenvalue weighted by Crippen LogP contribution is -2.09. The number of carbonyl (C=O) groups excluding carboxylic acids is 1. The Bertz CT molecular complexity index is 1020. The Labute approximate surface area is 143 Å². The molecule has 2 heterocycles. The predicted molar refractivity (Wildman–Crippen MR) is 98.1 cm³/mol. The molecule has 0 aliphatic heterocycles. The van der Waals surface area contributed by atoms with Gasteiger partial charge in [0.15, 0.2) is 0 Å². The van der Waals surface area contributed by atoms with E-state index in [1.165, 1.54) is 16.9 Å². The molecule has 24 heavy (non-hydrogen) atoms. The van der Waals surface area contributed by atoms with Gasteiger partial charge in [-0.3, -0.25) is 9.36 Å². The fourth-order valence-electron chi connectivity index (χ4n) is 2.72. The van der Waals surface area contributed by atoms with Crippen molar-refractivity contribution in [2.24, 2.45) is 0 Å². The third kappa shape index (κ3) is 2.59. The highest BCUT2D eigenvalue weighted by Gasteiger charge is 2.10. The Balaban J connectivity index is 1.68. The molecule has 4 nitrogen and oxygen atoms in total. The number of aromatic nitrogens is 2. The maximum Gasteiger partial charge on any atom is 0.265 e. The number of fused-ring (bicyclic) bond motifs is 1. The molecule has 2 aromatic heterocycles. The molecule has 2 aromatic carbocycles. The van der Waals surface area contributed by atoms with Crippen LogP contribution in [0, 0.1) is 6.92 Å². The van der Waals surface area contributed by atoms with E-state index in [4.69, 9.17) is 0 Å². The second-order valence-electron chi connectivity index (χ2n) is 5.54. The van der Waals surface area contributed by atoms with Crippen LogP contribution in [-0.4, -0.2) is 15.5 Å². The van der Waals surface area contributed by atoms with Crippen molar-refractivity contribution in [1.29, 1.82) is 0 Å². The Morgan fingerprint density at radius 2 is 2.00 bits per heavy atom. The molecule has 0 fully saturated rings. The minimum atomic E-state index is -0.0947. The molecule has 0 saturated carbocycles. The normalized spacial score (nSPS) is 10.9. The van der Waals surface area contributed by atoms with Gasteiger partial charge in [-0.05, 0) is 48.2 Å². The van der Waals surface area contributed by atoms with E-state index in [9.17, 15) is 4.79 Å². The van der Waals surface area contributed by atoms with Crippen molar-refractivity contribution < 1.29 is 4.79 Å². The number of nitrogens with zero attached hydrogens (tertiary/aromatic N) is 2. The summed E-state index contributed by atoms with van der Waals surface area (Å²) >= 11 is 1.43. The van der Waals surface area contributed by atoms with Gasteiger partial charge in [-0.1, -0.05) is 24.3 Å². The SMILES string of the molecule is Cc1ccccc1-n1cnc2cc(NC(=O)c3cccs3)ccc21. The molecule has 1 N–H and O–H groups in total. The van der Waals surface area contributed by atoms with Gasteiger partial charge in [0, 0.05) is 5.69 Å². The Morgan fingerprint density at radius 3 is 2.79 bits per heavy atom. The van der Waals surface area contributed by atoms with Crippen LogP contribution >= 0.6 is 11.3 Å². The van der Waals surface area contributed by atoms with Gasteiger partial charge in [0.05, 0.1) is 21.6 Å². The lowest BCUT2D eigenvalue weighted by atomic mass is 10.2. The molecule has 0 atom stereocenters. The minimum absolute atomic E-state index is 0.0947. The maximum atomic E-state index is 12.2. The number of para-hydroxylation sites is 1. The van der Waals surface area contributed by atoms with E-state index in [2.05, 4.69) is 33.9 Å². The van der Waals surface area contributed by atoms with Crippen LogP contribution in [0.4, 0.5) is 5.69 Å². The average Bonchev–Trinajstić information content (AvgIpc) is 3.25. The zero-order valence-corrected chi connectivity index (χ0v) is 13.9. The number of amides is 1. The van der Waals surface area contributed by atoms with Crippen LogP contribution < -0.4 is 5.32 Å². The molecule has 5 heteroatoms. The molecule has 0 saturated heterocycles. The first kappa shape index (κ1) is 14.7. The van der Waals surface area contributed by atoms with E-state index in [1.54, 1.807) is 0 Å². The van der Waals surface area contributed by atoms with Crippen molar-refractivity contribution >= 4 is 34.0 Å². The molecule has 4 rings (SSSR count). The number of thiophene rings is 1. The Morgan fingerprint density at radius 1 is 1.12 bits per heavy atom. The highest BCUT2D eigenvalue weighted by Crippen LogP contribution is 2.23.